The maximum atomic E-state index is 13.6. The van der Waals surface area contributed by atoms with E-state index in [0.717, 1.165) is 9.80 Å². The Morgan fingerprint density at radius 3 is 1.28 bits per heavy atom. The third-order valence-electron chi connectivity index (χ3n) is 6.47. The van der Waals surface area contributed by atoms with Gasteiger partial charge in [-0.3, -0.25) is 19.2 Å². The molecular formula is C28H14Cl2N2O6S. The summed E-state index contributed by atoms with van der Waals surface area (Å²) in [4.78, 5) is 53.3. The Kier molecular flexibility index (Phi) is 5.69. The van der Waals surface area contributed by atoms with Crippen LogP contribution in [0.25, 0.3) is 0 Å². The molecule has 2 aliphatic rings. The van der Waals surface area contributed by atoms with Crippen molar-refractivity contribution in [3.63, 3.8) is 0 Å². The maximum absolute atomic E-state index is 13.6. The fourth-order valence-corrected chi connectivity index (χ4v) is 6.29. The molecule has 0 bridgehead atoms. The molecule has 0 saturated carbocycles. The molecule has 6 rings (SSSR count). The molecule has 0 fully saturated rings. The SMILES string of the molecule is O=C1c2ccc(Cl)cc2C(=O)N1c1cccc(S(=O)(=O)c2cccc(N3C(=O)c4ccc(Cl)cc4C3=O)c2)c1. The van der Waals surface area contributed by atoms with Gasteiger partial charge >= 0.3 is 0 Å². The molecule has 4 amide bonds. The van der Waals surface area contributed by atoms with Crippen LogP contribution in [0.15, 0.2) is 94.7 Å². The number of halogens is 2. The van der Waals surface area contributed by atoms with Gasteiger partial charge < -0.3 is 0 Å². The molecule has 0 aliphatic carbocycles. The summed E-state index contributed by atoms with van der Waals surface area (Å²) in [6.45, 7) is 0. The molecule has 0 aromatic heterocycles. The topological polar surface area (TPSA) is 109 Å². The van der Waals surface area contributed by atoms with E-state index in [1.165, 1.54) is 84.9 Å². The van der Waals surface area contributed by atoms with Crippen molar-refractivity contribution in [1.82, 2.24) is 0 Å². The van der Waals surface area contributed by atoms with E-state index in [0.29, 0.717) is 0 Å². The Hall–Kier alpha value is -4.31. The maximum Gasteiger partial charge on any atom is 0.266 e. The number of nitrogens with zero attached hydrogens (tertiary/aromatic N) is 2. The smallest absolute Gasteiger partial charge is 0.266 e. The summed E-state index contributed by atoms with van der Waals surface area (Å²) in [6, 6.07) is 19.4. The number of sulfone groups is 1. The third kappa shape index (κ3) is 3.85. The average molecular weight is 577 g/mol. The number of anilines is 2. The van der Waals surface area contributed by atoms with Crippen LogP contribution in [0, 0.1) is 0 Å². The van der Waals surface area contributed by atoms with Gasteiger partial charge in [-0.25, -0.2) is 18.2 Å². The summed E-state index contributed by atoms with van der Waals surface area (Å²) in [6.07, 6.45) is 0. The summed E-state index contributed by atoms with van der Waals surface area (Å²) in [5.74, 6) is -2.46. The molecule has 2 heterocycles. The molecule has 0 N–H and O–H groups in total. The molecule has 0 saturated heterocycles. The highest BCUT2D eigenvalue weighted by molar-refractivity contribution is 7.91. The van der Waals surface area contributed by atoms with Gasteiger partial charge in [0.2, 0.25) is 9.84 Å². The van der Waals surface area contributed by atoms with Gasteiger partial charge in [0.15, 0.2) is 0 Å². The first-order chi connectivity index (χ1) is 18.6. The third-order valence-corrected chi connectivity index (χ3v) is 8.69. The van der Waals surface area contributed by atoms with Crippen LogP contribution in [0.4, 0.5) is 11.4 Å². The van der Waals surface area contributed by atoms with Crippen LogP contribution in [-0.4, -0.2) is 32.0 Å². The second-order valence-corrected chi connectivity index (χ2v) is 11.6. The van der Waals surface area contributed by atoms with Crippen molar-refractivity contribution in [2.45, 2.75) is 9.79 Å². The molecule has 11 heteroatoms. The van der Waals surface area contributed by atoms with Crippen molar-refractivity contribution in [3.8, 4) is 0 Å². The zero-order valence-corrected chi connectivity index (χ0v) is 21.9. The number of hydrogen-bond acceptors (Lipinski definition) is 6. The fraction of sp³-hybridized carbons (Fsp3) is 0. The predicted octanol–water partition coefficient (Wildman–Crippen LogP) is 5.43. The highest BCUT2D eigenvalue weighted by atomic mass is 35.5. The van der Waals surface area contributed by atoms with Gasteiger partial charge in [-0.2, -0.15) is 0 Å². The van der Waals surface area contributed by atoms with E-state index in [-0.39, 0.29) is 53.5 Å². The Balaban J connectivity index is 1.36. The minimum atomic E-state index is -4.20. The van der Waals surface area contributed by atoms with Gasteiger partial charge in [0.25, 0.3) is 23.6 Å². The van der Waals surface area contributed by atoms with Crippen LogP contribution in [0.3, 0.4) is 0 Å². The van der Waals surface area contributed by atoms with Gasteiger partial charge in [0.1, 0.15) is 0 Å². The average Bonchev–Trinajstić information content (AvgIpc) is 3.32. The second kappa shape index (κ2) is 8.88. The molecule has 0 atom stereocenters. The lowest BCUT2D eigenvalue weighted by molar-refractivity contribution is 0.0910. The van der Waals surface area contributed by atoms with E-state index in [4.69, 9.17) is 23.2 Å². The van der Waals surface area contributed by atoms with Gasteiger partial charge in [0.05, 0.1) is 43.4 Å². The number of imide groups is 2. The van der Waals surface area contributed by atoms with E-state index < -0.39 is 33.5 Å². The number of amides is 4. The van der Waals surface area contributed by atoms with Gasteiger partial charge in [0, 0.05) is 10.0 Å². The van der Waals surface area contributed by atoms with Crippen molar-refractivity contribution in [2.75, 3.05) is 9.80 Å². The van der Waals surface area contributed by atoms with Crippen LogP contribution in [-0.2, 0) is 9.84 Å². The highest BCUT2D eigenvalue weighted by Gasteiger charge is 2.38. The lowest BCUT2D eigenvalue weighted by Gasteiger charge is -2.17. The molecule has 192 valence electrons. The Morgan fingerprint density at radius 1 is 0.487 bits per heavy atom. The van der Waals surface area contributed by atoms with E-state index in [2.05, 4.69) is 0 Å². The number of benzene rings is 4. The monoisotopic (exact) mass is 576 g/mol. The molecule has 0 spiro atoms. The number of fused-ring (bicyclic) bond motifs is 2. The Morgan fingerprint density at radius 2 is 0.872 bits per heavy atom. The van der Waals surface area contributed by atoms with E-state index >= 15 is 0 Å². The Bertz CT molecular complexity index is 1770. The van der Waals surface area contributed by atoms with Crippen LogP contribution in [0.1, 0.15) is 41.4 Å². The van der Waals surface area contributed by atoms with Crippen molar-refractivity contribution >= 4 is 68.0 Å². The summed E-state index contributed by atoms with van der Waals surface area (Å²) in [7, 11) is -4.20. The number of carbonyl (C=O) groups excluding carboxylic acids is 4. The predicted molar refractivity (Wildman–Crippen MR) is 144 cm³/mol. The largest absolute Gasteiger partial charge is 0.268 e. The molecular weight excluding hydrogens is 563 g/mol. The van der Waals surface area contributed by atoms with Crippen LogP contribution >= 0.6 is 23.2 Å². The lowest BCUT2D eigenvalue weighted by atomic mass is 10.1. The first-order valence-corrected chi connectivity index (χ1v) is 13.6. The zero-order valence-electron chi connectivity index (χ0n) is 19.6. The van der Waals surface area contributed by atoms with Crippen molar-refractivity contribution in [1.29, 1.82) is 0 Å². The minimum absolute atomic E-state index is 0.0618. The standard InChI is InChI=1S/C28H14Cl2N2O6S/c29-15-7-9-21-23(11-15)27(35)31(25(21)33)17-3-1-5-19(13-17)39(37,38)20-6-2-4-18(14-20)32-26(34)22-10-8-16(30)12-24(22)28(32)36/h1-14H. The van der Waals surface area contributed by atoms with Gasteiger partial charge in [-0.15, -0.1) is 0 Å². The molecule has 4 aromatic carbocycles. The van der Waals surface area contributed by atoms with Gasteiger partial charge in [-0.05, 0) is 72.8 Å². The minimum Gasteiger partial charge on any atom is -0.268 e. The quantitative estimate of drug-likeness (QED) is 0.300. The first-order valence-electron chi connectivity index (χ1n) is 11.4. The van der Waals surface area contributed by atoms with Crippen molar-refractivity contribution in [2.24, 2.45) is 0 Å². The Labute approximate surface area is 231 Å². The number of hydrogen-bond donors (Lipinski definition) is 0. The molecule has 4 aromatic rings. The van der Waals surface area contributed by atoms with Crippen molar-refractivity contribution < 1.29 is 27.6 Å². The van der Waals surface area contributed by atoms with E-state index in [1.54, 1.807) is 0 Å². The summed E-state index contributed by atoms with van der Waals surface area (Å²) < 4.78 is 27.2. The lowest BCUT2D eigenvalue weighted by Crippen LogP contribution is -2.29. The molecule has 39 heavy (non-hydrogen) atoms. The number of rotatable bonds is 4. The molecule has 2 aliphatic heterocycles. The first kappa shape index (κ1) is 25.0. The number of carbonyl (C=O) groups is 4. The summed E-state index contributed by atoms with van der Waals surface area (Å²) in [5, 5.41) is 0.572. The van der Waals surface area contributed by atoms with Crippen molar-refractivity contribution in [3.05, 3.63) is 117 Å². The van der Waals surface area contributed by atoms with E-state index in [1.807, 2.05) is 0 Å². The van der Waals surface area contributed by atoms with Crippen LogP contribution < -0.4 is 9.80 Å². The zero-order chi connectivity index (χ0) is 27.6. The normalized spacial score (nSPS) is 14.7. The summed E-state index contributed by atoms with van der Waals surface area (Å²) in [5.41, 5.74) is 0.685. The van der Waals surface area contributed by atoms with Gasteiger partial charge in [-0.1, -0.05) is 35.3 Å². The van der Waals surface area contributed by atoms with E-state index in [9.17, 15) is 27.6 Å². The summed E-state index contributed by atoms with van der Waals surface area (Å²) >= 11 is 12.0. The molecule has 8 nitrogen and oxygen atoms in total. The fourth-order valence-electron chi connectivity index (χ4n) is 4.61. The molecule has 0 radical (unpaired) electrons. The van der Waals surface area contributed by atoms with Crippen LogP contribution in [0.2, 0.25) is 10.0 Å². The highest BCUT2D eigenvalue weighted by Crippen LogP contribution is 2.35. The second-order valence-electron chi connectivity index (χ2n) is 8.77. The van der Waals surface area contributed by atoms with Crippen LogP contribution in [0.5, 0.6) is 0 Å². The molecule has 0 unspecified atom stereocenters.